The first-order valence-corrected chi connectivity index (χ1v) is 5.66. The average molecular weight is 248 g/mol. The quantitative estimate of drug-likeness (QED) is 0.883. The van der Waals surface area contributed by atoms with Gasteiger partial charge in [-0.3, -0.25) is 0 Å². The van der Waals surface area contributed by atoms with Gasteiger partial charge in [-0.05, 0) is 26.3 Å². The van der Waals surface area contributed by atoms with Crippen molar-refractivity contribution in [3.63, 3.8) is 0 Å². The molecule has 1 saturated carbocycles. The number of rotatable bonds is 4. The van der Waals surface area contributed by atoms with Gasteiger partial charge in [0.05, 0.1) is 11.4 Å². The molecule has 1 fully saturated rings. The summed E-state index contributed by atoms with van der Waals surface area (Å²) >= 11 is 0. The van der Waals surface area contributed by atoms with Crippen LogP contribution in [0.25, 0.3) is 0 Å². The van der Waals surface area contributed by atoms with E-state index >= 15 is 0 Å². The second-order valence-electron chi connectivity index (χ2n) is 4.40. The number of hydrogen-bond acceptors (Lipinski definition) is 3. The Kier molecular flexibility index (Phi) is 3.11. The van der Waals surface area contributed by atoms with Crippen LogP contribution in [0.1, 0.15) is 43.1 Å². The van der Waals surface area contributed by atoms with Crippen LogP contribution in [0.5, 0.6) is 0 Å². The van der Waals surface area contributed by atoms with E-state index in [0.29, 0.717) is 24.4 Å². The maximum Gasteiger partial charge on any atom is 0.410 e. The van der Waals surface area contributed by atoms with Crippen LogP contribution in [0.2, 0.25) is 0 Å². The molecule has 7 heteroatoms. The fourth-order valence-corrected chi connectivity index (χ4v) is 1.85. The normalized spacial score (nSPS) is 18.4. The summed E-state index contributed by atoms with van der Waals surface area (Å²) in [4.78, 5) is 0. The molecule has 0 aliphatic heterocycles. The predicted molar refractivity (Wildman–Crippen MR) is 55.5 cm³/mol. The Labute approximate surface area is 97.0 Å². The first-order valence-electron chi connectivity index (χ1n) is 5.66. The molecule has 1 heterocycles. The number of hydrogen-bond donors (Lipinski definition) is 1. The van der Waals surface area contributed by atoms with Crippen LogP contribution < -0.4 is 5.73 Å². The molecule has 1 atom stereocenters. The zero-order valence-electron chi connectivity index (χ0n) is 9.54. The van der Waals surface area contributed by atoms with Crippen LogP contribution in [0, 0.1) is 0 Å². The topological polar surface area (TPSA) is 56.7 Å². The van der Waals surface area contributed by atoms with E-state index < -0.39 is 12.2 Å². The van der Waals surface area contributed by atoms with Crippen molar-refractivity contribution >= 4 is 0 Å². The summed E-state index contributed by atoms with van der Waals surface area (Å²) in [7, 11) is 0. The lowest BCUT2D eigenvalue weighted by atomic mass is 10.1. The van der Waals surface area contributed by atoms with Gasteiger partial charge < -0.3 is 5.73 Å². The predicted octanol–water partition coefficient (Wildman–Crippen LogP) is 1.78. The molecular weight excluding hydrogens is 233 g/mol. The lowest BCUT2D eigenvalue weighted by Crippen LogP contribution is -2.26. The molecule has 4 nitrogen and oxygen atoms in total. The summed E-state index contributed by atoms with van der Waals surface area (Å²) in [6.07, 6.45) is -1.99. The highest BCUT2D eigenvalue weighted by molar-refractivity contribution is 5.21. The molecule has 1 aromatic heterocycles. The SMILES string of the molecule is CC(n1nnc(CCN)c1C1CC1)C(F)(F)F. The van der Waals surface area contributed by atoms with Crippen LogP contribution in [0.4, 0.5) is 13.2 Å². The Balaban J connectivity index is 2.33. The summed E-state index contributed by atoms with van der Waals surface area (Å²) in [6, 6.07) is -1.63. The van der Waals surface area contributed by atoms with Gasteiger partial charge in [-0.1, -0.05) is 5.21 Å². The number of halogens is 3. The second kappa shape index (κ2) is 4.29. The number of aromatic nitrogens is 3. The number of nitrogens with zero attached hydrogens (tertiary/aromatic N) is 3. The zero-order valence-corrected chi connectivity index (χ0v) is 9.54. The molecule has 0 bridgehead atoms. The Bertz CT molecular complexity index is 395. The minimum Gasteiger partial charge on any atom is -0.330 e. The van der Waals surface area contributed by atoms with Crippen molar-refractivity contribution < 1.29 is 13.2 Å². The molecule has 96 valence electrons. The highest BCUT2D eigenvalue weighted by Crippen LogP contribution is 2.43. The minimum atomic E-state index is -4.29. The number of nitrogens with two attached hydrogens (primary N) is 1. The van der Waals surface area contributed by atoms with Gasteiger partial charge in [-0.25, -0.2) is 4.68 Å². The van der Waals surface area contributed by atoms with Gasteiger partial charge in [0.1, 0.15) is 6.04 Å². The molecule has 0 amide bonds. The molecule has 1 aliphatic rings. The van der Waals surface area contributed by atoms with Crippen molar-refractivity contribution in [2.24, 2.45) is 5.73 Å². The molecule has 1 aliphatic carbocycles. The summed E-state index contributed by atoms with van der Waals surface area (Å²) < 4.78 is 39.1. The smallest absolute Gasteiger partial charge is 0.330 e. The maximum atomic E-state index is 12.7. The van der Waals surface area contributed by atoms with Crippen molar-refractivity contribution in [1.29, 1.82) is 0 Å². The molecule has 17 heavy (non-hydrogen) atoms. The van der Waals surface area contributed by atoms with Gasteiger partial charge in [-0.15, -0.1) is 5.10 Å². The van der Waals surface area contributed by atoms with Gasteiger partial charge in [0.25, 0.3) is 0 Å². The van der Waals surface area contributed by atoms with E-state index in [0.717, 1.165) is 24.4 Å². The first kappa shape index (κ1) is 12.3. The molecule has 1 aromatic rings. The summed E-state index contributed by atoms with van der Waals surface area (Å²) in [5.74, 6) is 0.177. The molecule has 2 rings (SSSR count). The fourth-order valence-electron chi connectivity index (χ4n) is 1.85. The minimum absolute atomic E-state index is 0.177. The largest absolute Gasteiger partial charge is 0.410 e. The third-order valence-electron chi connectivity index (χ3n) is 2.99. The Hall–Kier alpha value is -1.11. The van der Waals surface area contributed by atoms with E-state index in [2.05, 4.69) is 10.3 Å². The van der Waals surface area contributed by atoms with E-state index in [1.165, 1.54) is 0 Å². The monoisotopic (exact) mass is 248 g/mol. The lowest BCUT2D eigenvalue weighted by molar-refractivity contribution is -0.166. The van der Waals surface area contributed by atoms with Crippen LogP contribution in [0.15, 0.2) is 0 Å². The van der Waals surface area contributed by atoms with Crippen LogP contribution >= 0.6 is 0 Å². The Morgan fingerprint density at radius 3 is 2.59 bits per heavy atom. The van der Waals surface area contributed by atoms with Crippen LogP contribution in [0.3, 0.4) is 0 Å². The van der Waals surface area contributed by atoms with Gasteiger partial charge in [-0.2, -0.15) is 13.2 Å². The highest BCUT2D eigenvalue weighted by atomic mass is 19.4. The van der Waals surface area contributed by atoms with E-state index in [4.69, 9.17) is 5.73 Å². The van der Waals surface area contributed by atoms with Gasteiger partial charge in [0, 0.05) is 12.3 Å². The Morgan fingerprint density at radius 2 is 2.12 bits per heavy atom. The molecule has 0 saturated heterocycles. The van der Waals surface area contributed by atoms with E-state index in [-0.39, 0.29) is 5.92 Å². The van der Waals surface area contributed by atoms with E-state index in [1.54, 1.807) is 0 Å². The van der Waals surface area contributed by atoms with E-state index in [9.17, 15) is 13.2 Å². The molecule has 0 aromatic carbocycles. The van der Waals surface area contributed by atoms with Crippen LogP contribution in [-0.4, -0.2) is 27.7 Å². The van der Waals surface area contributed by atoms with E-state index in [1.807, 2.05) is 0 Å². The summed E-state index contributed by atoms with van der Waals surface area (Å²) in [5.41, 5.74) is 6.66. The summed E-state index contributed by atoms with van der Waals surface area (Å²) in [6.45, 7) is 1.48. The standard InChI is InChI=1S/C10H15F3N4/c1-6(10(11,12)13)17-9(7-2-3-7)8(4-5-14)15-16-17/h6-7H,2-5,14H2,1H3. The lowest BCUT2D eigenvalue weighted by Gasteiger charge is -2.18. The second-order valence-corrected chi connectivity index (χ2v) is 4.40. The van der Waals surface area contributed by atoms with Crippen molar-refractivity contribution in [1.82, 2.24) is 15.0 Å². The molecule has 1 unspecified atom stereocenters. The highest BCUT2D eigenvalue weighted by Gasteiger charge is 2.42. The third-order valence-corrected chi connectivity index (χ3v) is 2.99. The third kappa shape index (κ3) is 2.43. The Morgan fingerprint density at radius 1 is 1.47 bits per heavy atom. The van der Waals surface area contributed by atoms with Crippen molar-refractivity contribution in [3.05, 3.63) is 11.4 Å². The van der Waals surface area contributed by atoms with Gasteiger partial charge in [0.2, 0.25) is 0 Å². The van der Waals surface area contributed by atoms with Crippen LogP contribution in [-0.2, 0) is 6.42 Å². The van der Waals surface area contributed by atoms with Crippen molar-refractivity contribution in [3.8, 4) is 0 Å². The molecule has 0 radical (unpaired) electrons. The molecule has 0 spiro atoms. The van der Waals surface area contributed by atoms with Crippen molar-refractivity contribution in [2.45, 2.75) is 44.3 Å². The summed E-state index contributed by atoms with van der Waals surface area (Å²) in [5, 5.41) is 7.49. The maximum absolute atomic E-state index is 12.7. The van der Waals surface area contributed by atoms with Gasteiger partial charge >= 0.3 is 6.18 Å². The first-order chi connectivity index (χ1) is 7.95. The number of alkyl halides is 3. The average Bonchev–Trinajstić information content (AvgIpc) is 2.99. The van der Waals surface area contributed by atoms with Crippen molar-refractivity contribution in [2.75, 3.05) is 6.54 Å². The molecule has 2 N–H and O–H groups in total. The fraction of sp³-hybridized carbons (Fsp3) is 0.800. The zero-order chi connectivity index (χ0) is 12.6. The van der Waals surface area contributed by atoms with Gasteiger partial charge in [0.15, 0.2) is 0 Å². The molecular formula is C10H15F3N4.